The molecule has 0 aliphatic rings. The monoisotopic (exact) mass is 263 g/mol. The maximum absolute atomic E-state index is 5.44. The van der Waals surface area contributed by atoms with Crippen molar-refractivity contribution in [3.8, 4) is 0 Å². The second kappa shape index (κ2) is 7.43. The Morgan fingerprint density at radius 1 is 1.29 bits per heavy atom. The van der Waals surface area contributed by atoms with Crippen LogP contribution in [0.25, 0.3) is 0 Å². The second-order valence-electron chi connectivity index (χ2n) is 4.00. The molecule has 14 heavy (non-hydrogen) atoms. The SMILES string of the molecule is C=C(Br)COCCN(C(C)C)C(C)C. The van der Waals surface area contributed by atoms with Gasteiger partial charge in [-0.3, -0.25) is 4.90 Å². The predicted molar refractivity (Wildman–Crippen MR) is 65.9 cm³/mol. The summed E-state index contributed by atoms with van der Waals surface area (Å²) in [4.78, 5) is 2.41. The van der Waals surface area contributed by atoms with Gasteiger partial charge in [-0.15, -0.1) is 0 Å². The third kappa shape index (κ3) is 6.57. The lowest BCUT2D eigenvalue weighted by molar-refractivity contribution is 0.0917. The third-order valence-corrected chi connectivity index (χ3v) is 2.31. The van der Waals surface area contributed by atoms with Gasteiger partial charge in [0, 0.05) is 23.1 Å². The average molecular weight is 264 g/mol. The van der Waals surface area contributed by atoms with Gasteiger partial charge in [0.1, 0.15) is 0 Å². The van der Waals surface area contributed by atoms with Crippen molar-refractivity contribution in [1.29, 1.82) is 0 Å². The molecule has 0 aromatic heterocycles. The summed E-state index contributed by atoms with van der Waals surface area (Å²) in [6, 6.07) is 1.15. The molecule has 0 saturated carbocycles. The van der Waals surface area contributed by atoms with E-state index in [-0.39, 0.29) is 0 Å². The number of rotatable bonds is 7. The number of hydrogen-bond donors (Lipinski definition) is 0. The van der Waals surface area contributed by atoms with Crippen LogP contribution in [-0.4, -0.2) is 36.7 Å². The van der Waals surface area contributed by atoms with Crippen LogP contribution in [0.3, 0.4) is 0 Å². The van der Waals surface area contributed by atoms with E-state index in [0.29, 0.717) is 18.7 Å². The van der Waals surface area contributed by atoms with Crippen molar-refractivity contribution >= 4 is 15.9 Å². The van der Waals surface area contributed by atoms with Crippen molar-refractivity contribution < 1.29 is 4.74 Å². The van der Waals surface area contributed by atoms with E-state index in [1.807, 2.05) is 0 Å². The molecule has 0 amide bonds. The van der Waals surface area contributed by atoms with Crippen molar-refractivity contribution in [3.05, 3.63) is 11.1 Å². The molecule has 3 heteroatoms. The Morgan fingerprint density at radius 2 is 1.79 bits per heavy atom. The lowest BCUT2D eigenvalue weighted by Crippen LogP contribution is -2.39. The molecule has 0 atom stereocenters. The highest BCUT2D eigenvalue weighted by atomic mass is 79.9. The fourth-order valence-electron chi connectivity index (χ4n) is 1.47. The van der Waals surface area contributed by atoms with Gasteiger partial charge in [-0.2, -0.15) is 0 Å². The van der Waals surface area contributed by atoms with E-state index >= 15 is 0 Å². The Labute approximate surface area is 96.4 Å². The molecule has 0 rings (SSSR count). The molecule has 0 aliphatic carbocycles. The van der Waals surface area contributed by atoms with E-state index in [0.717, 1.165) is 17.6 Å². The van der Waals surface area contributed by atoms with E-state index in [1.165, 1.54) is 0 Å². The van der Waals surface area contributed by atoms with Gasteiger partial charge in [0.15, 0.2) is 0 Å². The van der Waals surface area contributed by atoms with Crippen LogP contribution < -0.4 is 0 Å². The van der Waals surface area contributed by atoms with Crippen LogP contribution in [0.4, 0.5) is 0 Å². The molecule has 0 fully saturated rings. The van der Waals surface area contributed by atoms with Crippen LogP contribution in [0.15, 0.2) is 11.1 Å². The van der Waals surface area contributed by atoms with Crippen molar-refractivity contribution in [3.63, 3.8) is 0 Å². The molecule has 0 aromatic rings. The Balaban J connectivity index is 3.67. The largest absolute Gasteiger partial charge is 0.375 e. The van der Waals surface area contributed by atoms with E-state index in [4.69, 9.17) is 4.74 Å². The minimum atomic E-state index is 0.575. The van der Waals surface area contributed by atoms with Gasteiger partial charge in [0.05, 0.1) is 13.2 Å². The lowest BCUT2D eigenvalue weighted by atomic mass is 10.2. The summed E-state index contributed by atoms with van der Waals surface area (Å²) in [5.74, 6) is 0. The maximum atomic E-state index is 5.44. The van der Waals surface area contributed by atoms with E-state index in [2.05, 4.69) is 55.1 Å². The minimum absolute atomic E-state index is 0.575. The van der Waals surface area contributed by atoms with E-state index in [9.17, 15) is 0 Å². The first-order valence-electron chi connectivity index (χ1n) is 5.12. The van der Waals surface area contributed by atoms with Gasteiger partial charge in [0.2, 0.25) is 0 Å². The summed E-state index contributed by atoms with van der Waals surface area (Å²) in [6.07, 6.45) is 0. The zero-order valence-electron chi connectivity index (χ0n) is 9.72. The van der Waals surface area contributed by atoms with Crippen molar-refractivity contribution in [2.75, 3.05) is 19.8 Å². The molecule has 0 saturated heterocycles. The summed E-state index contributed by atoms with van der Waals surface area (Å²) in [5, 5.41) is 0. The molecule has 0 radical (unpaired) electrons. The van der Waals surface area contributed by atoms with Crippen LogP contribution in [0.5, 0.6) is 0 Å². The predicted octanol–water partition coefficient (Wildman–Crippen LogP) is 3.03. The average Bonchev–Trinajstić information content (AvgIpc) is 2.01. The zero-order chi connectivity index (χ0) is 11.1. The van der Waals surface area contributed by atoms with E-state index in [1.54, 1.807) is 0 Å². The first kappa shape index (κ1) is 14.1. The van der Waals surface area contributed by atoms with Gasteiger partial charge in [-0.25, -0.2) is 0 Å². The summed E-state index contributed by atoms with van der Waals surface area (Å²) >= 11 is 3.27. The molecular formula is C11H22BrNO. The van der Waals surface area contributed by atoms with Gasteiger partial charge >= 0.3 is 0 Å². The van der Waals surface area contributed by atoms with Crippen LogP contribution in [0, 0.1) is 0 Å². The minimum Gasteiger partial charge on any atom is -0.375 e. The maximum Gasteiger partial charge on any atom is 0.0776 e. The van der Waals surface area contributed by atoms with Gasteiger partial charge in [0.25, 0.3) is 0 Å². The number of halogens is 1. The highest BCUT2D eigenvalue weighted by Gasteiger charge is 2.12. The number of hydrogen-bond acceptors (Lipinski definition) is 2. The Kier molecular flexibility index (Phi) is 7.51. The fourth-order valence-corrected chi connectivity index (χ4v) is 1.63. The van der Waals surface area contributed by atoms with Crippen LogP contribution >= 0.6 is 15.9 Å². The van der Waals surface area contributed by atoms with Crippen molar-refractivity contribution in [2.24, 2.45) is 0 Å². The molecule has 0 N–H and O–H groups in total. The van der Waals surface area contributed by atoms with Crippen LogP contribution in [0.2, 0.25) is 0 Å². The number of nitrogens with zero attached hydrogens (tertiary/aromatic N) is 1. The van der Waals surface area contributed by atoms with Crippen molar-refractivity contribution in [2.45, 2.75) is 39.8 Å². The molecule has 0 unspecified atom stereocenters. The molecule has 0 bridgehead atoms. The lowest BCUT2D eigenvalue weighted by Gasteiger charge is -2.30. The summed E-state index contributed by atoms with van der Waals surface area (Å²) in [7, 11) is 0. The highest BCUT2D eigenvalue weighted by Crippen LogP contribution is 2.05. The molecule has 0 heterocycles. The topological polar surface area (TPSA) is 12.5 Å². The quantitative estimate of drug-likeness (QED) is 0.655. The summed E-state index contributed by atoms with van der Waals surface area (Å²) in [5.41, 5.74) is 0. The van der Waals surface area contributed by atoms with Crippen LogP contribution in [0.1, 0.15) is 27.7 Å². The highest BCUT2D eigenvalue weighted by molar-refractivity contribution is 9.11. The molecule has 0 aromatic carbocycles. The van der Waals surface area contributed by atoms with Gasteiger partial charge in [-0.05, 0) is 27.7 Å². The van der Waals surface area contributed by atoms with Gasteiger partial charge < -0.3 is 4.74 Å². The standard InChI is InChI=1S/C11H22BrNO/c1-9(2)13(10(3)4)6-7-14-8-11(5)12/h9-10H,5-8H2,1-4H3. The first-order valence-corrected chi connectivity index (χ1v) is 5.91. The summed E-state index contributed by atoms with van der Waals surface area (Å²) < 4.78 is 6.34. The van der Waals surface area contributed by atoms with Gasteiger partial charge in [-0.1, -0.05) is 22.5 Å². The Morgan fingerprint density at radius 3 is 2.14 bits per heavy atom. The molecule has 84 valence electrons. The second-order valence-corrected chi connectivity index (χ2v) is 5.12. The molecule has 0 spiro atoms. The van der Waals surface area contributed by atoms with E-state index < -0.39 is 0 Å². The Bertz CT molecular complexity index is 161. The van der Waals surface area contributed by atoms with Crippen LogP contribution in [-0.2, 0) is 4.74 Å². The molecule has 2 nitrogen and oxygen atoms in total. The third-order valence-electron chi connectivity index (χ3n) is 2.08. The molecular weight excluding hydrogens is 242 g/mol. The normalized spacial score (nSPS) is 11.7. The smallest absolute Gasteiger partial charge is 0.0776 e. The summed E-state index contributed by atoms with van der Waals surface area (Å²) in [6.45, 7) is 14.9. The zero-order valence-corrected chi connectivity index (χ0v) is 11.3. The first-order chi connectivity index (χ1) is 6.45. The fraction of sp³-hybridized carbons (Fsp3) is 0.818. The number of ether oxygens (including phenoxy) is 1. The van der Waals surface area contributed by atoms with Crippen molar-refractivity contribution in [1.82, 2.24) is 4.90 Å². The molecule has 0 aliphatic heterocycles. The Hall–Kier alpha value is 0.140.